The van der Waals surface area contributed by atoms with Gasteiger partial charge in [-0.25, -0.2) is 8.42 Å². The number of carbonyl (C=O) groups is 1. The van der Waals surface area contributed by atoms with Crippen LogP contribution in [0.1, 0.15) is 49.7 Å². The Bertz CT molecular complexity index is 1660. The van der Waals surface area contributed by atoms with E-state index >= 15 is 0 Å². The largest absolute Gasteiger partial charge is 0.489 e. The number of piperidine rings is 1. The van der Waals surface area contributed by atoms with E-state index < -0.39 is 32.7 Å². The highest BCUT2D eigenvalue weighted by molar-refractivity contribution is 7.93. The number of pyridine rings is 1. The molecule has 3 aliphatic heterocycles. The Kier molecular flexibility index (Phi) is 10.3. The Labute approximate surface area is 279 Å². The van der Waals surface area contributed by atoms with Crippen molar-refractivity contribution in [2.75, 3.05) is 56.8 Å². The molecule has 6 rings (SSSR count). The summed E-state index contributed by atoms with van der Waals surface area (Å²) in [6.07, 6.45) is 5.02. The Hall–Kier alpha value is -3.68. The second-order valence-corrected chi connectivity index (χ2v) is 14.6. The van der Waals surface area contributed by atoms with E-state index in [2.05, 4.69) is 16.0 Å². The van der Waals surface area contributed by atoms with Gasteiger partial charge in [0.2, 0.25) is 5.91 Å². The summed E-state index contributed by atoms with van der Waals surface area (Å²) in [6, 6.07) is 13.5. The maximum Gasteiger partial charge on any atom is 0.417 e. The molecule has 0 bridgehead atoms. The third-order valence-corrected chi connectivity index (χ3v) is 11.7. The Morgan fingerprint density at radius 2 is 1.71 bits per heavy atom. The van der Waals surface area contributed by atoms with Crippen LogP contribution >= 0.6 is 0 Å². The zero-order valence-electron chi connectivity index (χ0n) is 26.8. The highest BCUT2D eigenvalue weighted by atomic mass is 32.2. The molecular weight excluding hydrogens is 645 g/mol. The molecule has 9 nitrogen and oxygen atoms in total. The number of sulfonamides is 1. The average Bonchev–Trinajstić information content (AvgIpc) is 3.62. The van der Waals surface area contributed by atoms with Crippen molar-refractivity contribution in [3.63, 3.8) is 0 Å². The van der Waals surface area contributed by atoms with Crippen molar-refractivity contribution in [3.05, 3.63) is 84.2 Å². The van der Waals surface area contributed by atoms with Gasteiger partial charge in [-0.15, -0.1) is 0 Å². The quantitative estimate of drug-likeness (QED) is 0.263. The number of nitrogens with zero attached hydrogens (tertiary/aromatic N) is 4. The molecule has 1 atom stereocenters. The molecule has 2 fully saturated rings. The molecule has 3 aromatic rings. The topological polar surface area (TPSA) is 92.3 Å². The lowest BCUT2D eigenvalue weighted by Gasteiger charge is -2.42. The number of anilines is 1. The van der Waals surface area contributed by atoms with Crippen molar-refractivity contribution >= 4 is 21.6 Å². The van der Waals surface area contributed by atoms with E-state index in [1.165, 1.54) is 30.5 Å². The van der Waals surface area contributed by atoms with Gasteiger partial charge in [-0.1, -0.05) is 30.3 Å². The first-order chi connectivity index (χ1) is 23.1. The number of benzene rings is 2. The maximum atomic E-state index is 13.9. The van der Waals surface area contributed by atoms with Crippen LogP contribution in [0.3, 0.4) is 0 Å². The Morgan fingerprint density at radius 1 is 0.979 bits per heavy atom. The number of ether oxygens (including phenoxy) is 2. The molecule has 0 radical (unpaired) electrons. The smallest absolute Gasteiger partial charge is 0.417 e. The molecule has 13 heteroatoms. The van der Waals surface area contributed by atoms with E-state index in [1.807, 2.05) is 12.3 Å². The van der Waals surface area contributed by atoms with Crippen LogP contribution < -0.4 is 9.04 Å². The summed E-state index contributed by atoms with van der Waals surface area (Å²) in [7, 11) is -4.71. The highest BCUT2D eigenvalue weighted by Gasteiger charge is 2.43. The SMILES string of the molecule is O=C(COCC1COc2ccccc2N1S(=O)(=O)c1ccccc1C(F)(F)F)N1CCC(CCCN2CCCC2)(c2cccnc2)CC1. The number of hydrogen-bond donors (Lipinski definition) is 0. The monoisotopic (exact) mass is 686 g/mol. The zero-order valence-corrected chi connectivity index (χ0v) is 27.6. The number of rotatable bonds is 11. The number of alkyl halides is 3. The minimum Gasteiger partial charge on any atom is -0.489 e. The molecule has 0 saturated carbocycles. The highest BCUT2D eigenvalue weighted by Crippen LogP contribution is 2.42. The van der Waals surface area contributed by atoms with E-state index in [0.717, 1.165) is 67.8 Å². The van der Waals surface area contributed by atoms with Gasteiger partial charge in [-0.3, -0.25) is 14.1 Å². The second kappa shape index (κ2) is 14.4. The van der Waals surface area contributed by atoms with Gasteiger partial charge in [0.25, 0.3) is 10.0 Å². The van der Waals surface area contributed by atoms with Gasteiger partial charge < -0.3 is 19.3 Å². The molecule has 48 heavy (non-hydrogen) atoms. The number of hydrogen-bond acceptors (Lipinski definition) is 7. The normalized spacial score (nSPS) is 19.9. The lowest BCUT2D eigenvalue weighted by Crippen LogP contribution is -2.50. The summed E-state index contributed by atoms with van der Waals surface area (Å²) in [5.41, 5.74) is -0.0266. The van der Waals surface area contributed by atoms with Crippen molar-refractivity contribution in [2.24, 2.45) is 0 Å². The van der Waals surface area contributed by atoms with Crippen molar-refractivity contribution in [1.82, 2.24) is 14.8 Å². The van der Waals surface area contributed by atoms with Crippen LogP contribution in [0.25, 0.3) is 0 Å². The van der Waals surface area contributed by atoms with E-state index in [1.54, 1.807) is 29.3 Å². The van der Waals surface area contributed by atoms with Gasteiger partial charge in [0.1, 0.15) is 25.0 Å². The van der Waals surface area contributed by atoms with Crippen molar-refractivity contribution < 1.29 is 35.9 Å². The van der Waals surface area contributed by atoms with Crippen molar-refractivity contribution in [3.8, 4) is 5.75 Å². The molecule has 2 aromatic carbocycles. The molecule has 0 aliphatic carbocycles. The number of likely N-dealkylation sites (tertiary alicyclic amines) is 2. The van der Waals surface area contributed by atoms with E-state index in [9.17, 15) is 26.4 Å². The molecule has 0 spiro atoms. The Morgan fingerprint density at radius 3 is 2.44 bits per heavy atom. The zero-order chi connectivity index (χ0) is 33.8. The van der Waals surface area contributed by atoms with Crippen LogP contribution in [0, 0.1) is 0 Å². The number of para-hydroxylation sites is 2. The summed E-state index contributed by atoms with van der Waals surface area (Å²) in [6.45, 7) is 3.79. The standard InChI is InChI=1S/C35H41F3N4O5S/c36-35(37,38)29-10-1-4-13-32(29)48(44,45)42-28(25-47-31-12-3-2-11-30(31)42)24-46-26-33(43)41-21-15-34(16-22-41,27-9-7-17-39-23-27)14-8-20-40-18-5-6-19-40/h1-4,7,9-13,17,23,28H,5-6,8,14-16,18-22,24-26H2. The van der Waals surface area contributed by atoms with Crippen LogP contribution in [0.2, 0.25) is 0 Å². The predicted octanol–water partition coefficient (Wildman–Crippen LogP) is 5.51. The minimum absolute atomic E-state index is 0.0694. The second-order valence-electron chi connectivity index (χ2n) is 12.8. The molecule has 1 amide bonds. The first kappa shape index (κ1) is 34.2. The Balaban J connectivity index is 1.11. The lowest BCUT2D eigenvalue weighted by molar-refractivity contribution is -0.140. The van der Waals surface area contributed by atoms with Crippen molar-refractivity contribution in [2.45, 2.75) is 61.1 Å². The minimum atomic E-state index is -4.88. The molecule has 258 valence electrons. The number of aromatic nitrogens is 1. The van der Waals surface area contributed by atoms with Crippen LogP contribution in [0.5, 0.6) is 5.75 Å². The lowest BCUT2D eigenvalue weighted by atomic mass is 9.70. The first-order valence-corrected chi connectivity index (χ1v) is 17.9. The van der Waals surface area contributed by atoms with Gasteiger partial charge in [0.05, 0.1) is 22.8 Å². The number of fused-ring (bicyclic) bond motifs is 1. The summed E-state index contributed by atoms with van der Waals surface area (Å²) in [4.78, 5) is 21.1. The first-order valence-electron chi connectivity index (χ1n) is 16.5. The summed E-state index contributed by atoms with van der Waals surface area (Å²) < 4.78 is 82.1. The van der Waals surface area contributed by atoms with Crippen LogP contribution in [0.4, 0.5) is 18.9 Å². The molecule has 2 saturated heterocycles. The fourth-order valence-electron chi connectivity index (χ4n) is 7.25. The van der Waals surface area contributed by atoms with Crippen LogP contribution in [-0.2, 0) is 31.1 Å². The van der Waals surface area contributed by atoms with E-state index in [-0.39, 0.29) is 42.6 Å². The molecular formula is C35H41F3N4O5S. The third kappa shape index (κ3) is 7.32. The predicted molar refractivity (Wildman–Crippen MR) is 174 cm³/mol. The third-order valence-electron chi connectivity index (χ3n) is 9.81. The fraction of sp³-hybridized carbons (Fsp3) is 0.486. The van der Waals surface area contributed by atoms with Crippen molar-refractivity contribution in [1.29, 1.82) is 0 Å². The average molecular weight is 687 g/mol. The number of halogens is 3. The fourth-order valence-corrected chi connectivity index (χ4v) is 9.10. The maximum absolute atomic E-state index is 13.9. The summed E-state index contributed by atoms with van der Waals surface area (Å²) in [5.74, 6) is 0.00421. The van der Waals surface area contributed by atoms with Gasteiger partial charge in [-0.2, -0.15) is 13.2 Å². The number of amides is 1. The number of carbonyl (C=O) groups excluding carboxylic acids is 1. The molecule has 0 N–H and O–H groups in total. The van der Waals surface area contributed by atoms with Crippen LogP contribution in [0.15, 0.2) is 78.0 Å². The molecule has 1 aromatic heterocycles. The van der Waals surface area contributed by atoms with Gasteiger partial charge in [0, 0.05) is 30.9 Å². The van der Waals surface area contributed by atoms with Gasteiger partial charge in [0.15, 0.2) is 0 Å². The van der Waals surface area contributed by atoms with Crippen LogP contribution in [-0.4, -0.2) is 87.7 Å². The summed E-state index contributed by atoms with van der Waals surface area (Å²) >= 11 is 0. The van der Waals surface area contributed by atoms with Gasteiger partial charge in [-0.05, 0) is 94.1 Å². The molecule has 1 unspecified atom stereocenters. The van der Waals surface area contributed by atoms with Gasteiger partial charge >= 0.3 is 6.18 Å². The van der Waals surface area contributed by atoms with E-state index in [4.69, 9.17) is 9.47 Å². The molecule has 4 heterocycles. The van der Waals surface area contributed by atoms with E-state index in [0.29, 0.717) is 13.1 Å². The molecule has 3 aliphatic rings. The summed E-state index contributed by atoms with van der Waals surface area (Å²) in [5, 5.41) is 0.